The van der Waals surface area contributed by atoms with Crippen molar-refractivity contribution in [2.45, 2.75) is 18.9 Å². The summed E-state index contributed by atoms with van der Waals surface area (Å²) in [6, 6.07) is 8.41. The molecule has 0 radical (unpaired) electrons. The Hall–Kier alpha value is -0.940. The Bertz CT molecular complexity index is 352. The van der Waals surface area contributed by atoms with Gasteiger partial charge in [-0.2, -0.15) is 0 Å². The molecule has 1 aromatic rings. The van der Waals surface area contributed by atoms with E-state index in [1.165, 1.54) is 11.1 Å². The van der Waals surface area contributed by atoms with Gasteiger partial charge < -0.3 is 15.2 Å². The molecule has 1 fully saturated rings. The largest absolute Gasteiger partial charge is 0.351 e. The molecule has 4 nitrogen and oxygen atoms in total. The number of methoxy groups -OCH3 is 2. The summed E-state index contributed by atoms with van der Waals surface area (Å²) in [4.78, 5) is 2.30. The molecule has 0 spiro atoms. The van der Waals surface area contributed by atoms with E-state index in [0.29, 0.717) is 6.54 Å². The Morgan fingerprint density at radius 3 is 2.12 bits per heavy atom. The lowest BCUT2D eigenvalue weighted by atomic mass is 10.1. The van der Waals surface area contributed by atoms with Crippen LogP contribution in [0, 0.1) is 0 Å². The van der Waals surface area contributed by atoms with Gasteiger partial charge in [-0.15, -0.1) is 0 Å². The van der Waals surface area contributed by atoms with Crippen LogP contribution in [0.2, 0.25) is 0 Å². The Morgan fingerprint density at radius 2 is 1.65 bits per heavy atom. The number of benzene rings is 1. The zero-order chi connectivity index (χ0) is 12.3. The van der Waals surface area contributed by atoms with E-state index in [4.69, 9.17) is 15.2 Å². The fourth-order valence-corrected chi connectivity index (χ4v) is 2.13. The molecule has 0 saturated carbocycles. The molecule has 0 unspecified atom stereocenters. The summed E-state index contributed by atoms with van der Waals surface area (Å²) in [6.07, 6.45) is 0. The number of hydrogen-bond donors (Lipinski definition) is 1. The fraction of sp³-hybridized carbons (Fsp3) is 0.538. The lowest BCUT2D eigenvalue weighted by Crippen LogP contribution is -2.63. The van der Waals surface area contributed by atoms with Gasteiger partial charge in [0.2, 0.25) is 0 Å². The topological polar surface area (TPSA) is 47.7 Å². The van der Waals surface area contributed by atoms with E-state index >= 15 is 0 Å². The highest BCUT2D eigenvalue weighted by Crippen LogP contribution is 2.26. The fourth-order valence-electron chi connectivity index (χ4n) is 2.13. The molecule has 4 heteroatoms. The first-order valence-corrected chi connectivity index (χ1v) is 5.82. The van der Waals surface area contributed by atoms with Gasteiger partial charge in [0.05, 0.1) is 13.1 Å². The lowest BCUT2D eigenvalue weighted by molar-refractivity contribution is -0.277. The first-order valence-electron chi connectivity index (χ1n) is 5.82. The minimum atomic E-state index is -0.392. The molecule has 0 aliphatic carbocycles. The summed E-state index contributed by atoms with van der Waals surface area (Å²) in [5, 5.41) is 0. The van der Waals surface area contributed by atoms with Crippen LogP contribution in [-0.2, 0) is 22.6 Å². The van der Waals surface area contributed by atoms with Crippen LogP contribution in [0.15, 0.2) is 24.3 Å². The van der Waals surface area contributed by atoms with Gasteiger partial charge >= 0.3 is 0 Å². The van der Waals surface area contributed by atoms with Gasteiger partial charge in [0.25, 0.3) is 0 Å². The normalized spacial score (nSPS) is 19.0. The molecular weight excluding hydrogens is 216 g/mol. The molecule has 0 bridgehead atoms. The van der Waals surface area contributed by atoms with E-state index in [1.807, 2.05) is 0 Å². The third-order valence-corrected chi connectivity index (χ3v) is 3.34. The molecule has 1 aliphatic rings. The monoisotopic (exact) mass is 236 g/mol. The number of hydrogen-bond acceptors (Lipinski definition) is 4. The maximum Gasteiger partial charge on any atom is 0.193 e. The molecule has 1 aromatic carbocycles. The van der Waals surface area contributed by atoms with E-state index in [2.05, 4.69) is 29.2 Å². The molecule has 0 atom stereocenters. The maximum absolute atomic E-state index is 5.57. The van der Waals surface area contributed by atoms with Crippen molar-refractivity contribution in [3.05, 3.63) is 35.4 Å². The van der Waals surface area contributed by atoms with Crippen molar-refractivity contribution < 1.29 is 9.47 Å². The molecule has 0 amide bonds. The molecule has 2 N–H and O–H groups in total. The van der Waals surface area contributed by atoms with Gasteiger partial charge in [0.1, 0.15) is 0 Å². The quantitative estimate of drug-likeness (QED) is 0.773. The van der Waals surface area contributed by atoms with Crippen LogP contribution in [0.3, 0.4) is 0 Å². The molecule has 0 aromatic heterocycles. The van der Waals surface area contributed by atoms with Crippen LogP contribution >= 0.6 is 0 Å². The SMILES string of the molecule is COC1(OC)CN(Cc2ccc(CN)cc2)C1. The van der Waals surface area contributed by atoms with E-state index in [9.17, 15) is 0 Å². The van der Waals surface area contributed by atoms with Gasteiger partial charge in [-0.25, -0.2) is 0 Å². The van der Waals surface area contributed by atoms with Gasteiger partial charge in [-0.05, 0) is 11.1 Å². The van der Waals surface area contributed by atoms with Crippen molar-refractivity contribution in [3.63, 3.8) is 0 Å². The predicted octanol–water partition coefficient (Wildman–Crippen LogP) is 0.950. The second-order valence-corrected chi connectivity index (χ2v) is 4.48. The van der Waals surface area contributed by atoms with Crippen molar-refractivity contribution in [2.24, 2.45) is 5.73 Å². The minimum absolute atomic E-state index is 0.392. The highest BCUT2D eigenvalue weighted by atomic mass is 16.7. The average molecular weight is 236 g/mol. The zero-order valence-electron chi connectivity index (χ0n) is 10.5. The first-order chi connectivity index (χ1) is 8.21. The molecule has 1 heterocycles. The summed E-state index contributed by atoms with van der Waals surface area (Å²) in [7, 11) is 3.38. The summed E-state index contributed by atoms with van der Waals surface area (Å²) >= 11 is 0. The van der Waals surface area contributed by atoms with Gasteiger partial charge in [0, 0.05) is 27.3 Å². The van der Waals surface area contributed by atoms with E-state index in [-0.39, 0.29) is 0 Å². The van der Waals surface area contributed by atoms with Crippen LogP contribution in [0.1, 0.15) is 11.1 Å². The van der Waals surface area contributed by atoms with Crippen molar-refractivity contribution in [2.75, 3.05) is 27.3 Å². The summed E-state index contributed by atoms with van der Waals surface area (Å²) in [6.45, 7) is 3.16. The Labute approximate surface area is 102 Å². The Morgan fingerprint density at radius 1 is 1.12 bits per heavy atom. The Balaban J connectivity index is 1.87. The molecule has 17 heavy (non-hydrogen) atoms. The van der Waals surface area contributed by atoms with Crippen LogP contribution < -0.4 is 5.73 Å². The second-order valence-electron chi connectivity index (χ2n) is 4.48. The Kier molecular flexibility index (Phi) is 3.79. The maximum atomic E-state index is 5.57. The van der Waals surface area contributed by atoms with Gasteiger partial charge in [0.15, 0.2) is 5.79 Å². The van der Waals surface area contributed by atoms with E-state index in [0.717, 1.165) is 19.6 Å². The zero-order valence-corrected chi connectivity index (χ0v) is 10.5. The van der Waals surface area contributed by atoms with Crippen molar-refractivity contribution >= 4 is 0 Å². The van der Waals surface area contributed by atoms with E-state index in [1.54, 1.807) is 14.2 Å². The standard InChI is InChI=1S/C13H20N2O2/c1-16-13(17-2)9-15(10-13)8-12-5-3-11(7-14)4-6-12/h3-6H,7-10,14H2,1-2H3. The molecule has 2 rings (SSSR count). The van der Waals surface area contributed by atoms with Crippen LogP contribution in [0.5, 0.6) is 0 Å². The van der Waals surface area contributed by atoms with E-state index < -0.39 is 5.79 Å². The number of likely N-dealkylation sites (tertiary alicyclic amines) is 1. The van der Waals surface area contributed by atoms with Crippen molar-refractivity contribution in [1.29, 1.82) is 0 Å². The second kappa shape index (κ2) is 5.14. The van der Waals surface area contributed by atoms with Crippen LogP contribution in [0.4, 0.5) is 0 Å². The molecule has 1 aliphatic heterocycles. The lowest BCUT2D eigenvalue weighted by Gasteiger charge is -2.47. The van der Waals surface area contributed by atoms with Crippen molar-refractivity contribution in [3.8, 4) is 0 Å². The third-order valence-electron chi connectivity index (χ3n) is 3.34. The number of nitrogens with zero attached hydrogens (tertiary/aromatic N) is 1. The molecule has 94 valence electrons. The first kappa shape index (κ1) is 12.5. The van der Waals surface area contributed by atoms with Crippen LogP contribution in [0.25, 0.3) is 0 Å². The van der Waals surface area contributed by atoms with Crippen molar-refractivity contribution in [1.82, 2.24) is 4.90 Å². The van der Waals surface area contributed by atoms with Crippen LogP contribution in [-0.4, -0.2) is 38.0 Å². The highest BCUT2D eigenvalue weighted by Gasteiger charge is 2.43. The summed E-state index contributed by atoms with van der Waals surface area (Å²) < 4.78 is 10.7. The average Bonchev–Trinajstić information content (AvgIpc) is 2.34. The summed E-state index contributed by atoms with van der Waals surface area (Å²) in [5.41, 5.74) is 8.03. The number of ether oxygens (including phenoxy) is 2. The number of rotatable bonds is 5. The minimum Gasteiger partial charge on any atom is -0.351 e. The summed E-state index contributed by atoms with van der Waals surface area (Å²) in [5.74, 6) is -0.392. The van der Waals surface area contributed by atoms with Gasteiger partial charge in [-0.3, -0.25) is 4.90 Å². The molecular formula is C13H20N2O2. The van der Waals surface area contributed by atoms with Gasteiger partial charge in [-0.1, -0.05) is 24.3 Å². The smallest absolute Gasteiger partial charge is 0.193 e. The third kappa shape index (κ3) is 2.66. The highest BCUT2D eigenvalue weighted by molar-refractivity contribution is 5.22. The predicted molar refractivity (Wildman–Crippen MR) is 66.4 cm³/mol. The molecule has 1 saturated heterocycles. The number of nitrogens with two attached hydrogens (primary N) is 1.